The Balaban J connectivity index is 0.000000363. The molecule has 67 heavy (non-hydrogen) atoms. The first-order valence-electron chi connectivity index (χ1n) is 20.1. The van der Waals surface area contributed by atoms with Crippen LogP contribution in [0.3, 0.4) is 0 Å². The fraction of sp³-hybridized carbons (Fsp3) is 0.400. The van der Waals surface area contributed by atoms with E-state index in [4.69, 9.17) is 29.4 Å². The standard InChI is InChI=1S/C25H30F3N3O6.C20H22F3N3O4/c1-24(2,3)37-23(34)31-19-12-14(9-10-29-19)11-17(30-22(33)25(4,5)35-6)18(32)13-36-21-16(27)8-7-15(26)20(21)28;1-20(2,29-3)19(28)26-14(8-11-6-7-25-16(24)9-11)15(27)10-30-18-13(22)5-4-12(21)17(18)23/h7-10,12,17H,11,13H2,1-6H3,(H,30,33)(H,29,31,34);4-7,9,14H,8,10H2,1-3H3,(H2,24,25)(H,26,28). The van der Waals surface area contributed by atoms with Gasteiger partial charge in [0.05, 0.1) is 12.1 Å². The number of hydrogen-bond acceptors (Lipinski definition) is 13. The number of ether oxygens (including phenoxy) is 5. The van der Waals surface area contributed by atoms with Crippen LogP contribution in [0.4, 0.5) is 42.8 Å². The van der Waals surface area contributed by atoms with Gasteiger partial charge in [-0.1, -0.05) is 0 Å². The third-order valence-corrected chi connectivity index (χ3v) is 9.40. The van der Waals surface area contributed by atoms with Crippen LogP contribution in [0, 0.1) is 34.9 Å². The molecule has 0 fully saturated rings. The number of Topliss-reactive ketones (excluding diaryl/α,β-unsaturated/α-hetero) is 2. The minimum atomic E-state index is -1.58. The van der Waals surface area contributed by atoms with Crippen LogP contribution in [0.2, 0.25) is 0 Å². The number of aromatic nitrogens is 2. The largest absolute Gasteiger partial charge is 0.480 e. The van der Waals surface area contributed by atoms with Gasteiger partial charge in [-0.2, -0.15) is 8.78 Å². The summed E-state index contributed by atoms with van der Waals surface area (Å²) in [7, 11) is 2.64. The Bertz CT molecular complexity index is 2420. The van der Waals surface area contributed by atoms with Gasteiger partial charge >= 0.3 is 6.09 Å². The summed E-state index contributed by atoms with van der Waals surface area (Å²) in [5.41, 5.74) is 3.41. The molecule has 2 heterocycles. The SMILES string of the molecule is COC(C)(C)C(=O)NC(Cc1ccnc(N)c1)C(=O)COc1c(F)ccc(F)c1F.COC(C)(C)C(=O)NC(Cc1ccnc(NC(=O)OC(C)(C)C)c1)C(=O)COc1c(F)ccc(F)c1F. The van der Waals surface area contributed by atoms with Crippen molar-refractivity contribution in [2.24, 2.45) is 0 Å². The number of nitrogens with zero attached hydrogens (tertiary/aromatic N) is 2. The van der Waals surface area contributed by atoms with E-state index in [2.05, 4.69) is 25.9 Å². The van der Waals surface area contributed by atoms with Crippen molar-refractivity contribution in [3.05, 3.63) is 107 Å². The van der Waals surface area contributed by atoms with Crippen molar-refractivity contribution < 1.29 is 74.0 Å². The minimum Gasteiger partial charge on any atom is -0.480 e. The number of hydrogen-bond donors (Lipinski definition) is 4. The highest BCUT2D eigenvalue weighted by Gasteiger charge is 2.34. The van der Waals surface area contributed by atoms with Crippen LogP contribution >= 0.6 is 0 Å². The number of nitrogens with one attached hydrogen (secondary N) is 3. The van der Waals surface area contributed by atoms with E-state index in [9.17, 15) is 50.3 Å². The Morgan fingerprint density at radius 1 is 0.612 bits per heavy atom. The fourth-order valence-corrected chi connectivity index (χ4v) is 5.28. The number of nitrogen functional groups attached to an aromatic ring is 1. The molecule has 2 aromatic carbocycles. The van der Waals surface area contributed by atoms with Crippen molar-refractivity contribution in [1.29, 1.82) is 0 Å². The molecule has 16 nitrogen and oxygen atoms in total. The van der Waals surface area contributed by atoms with Crippen molar-refractivity contribution in [3.63, 3.8) is 0 Å². The van der Waals surface area contributed by atoms with E-state index in [0.29, 0.717) is 35.4 Å². The molecule has 364 valence electrons. The number of amides is 3. The predicted octanol–water partition coefficient (Wildman–Crippen LogP) is 6.13. The number of nitrogens with two attached hydrogens (primary N) is 1. The topological polar surface area (TPSA) is 219 Å². The summed E-state index contributed by atoms with van der Waals surface area (Å²) in [5.74, 6) is -12.6. The van der Waals surface area contributed by atoms with Crippen molar-refractivity contribution in [2.75, 3.05) is 38.5 Å². The van der Waals surface area contributed by atoms with Crippen LogP contribution in [-0.2, 0) is 46.2 Å². The average Bonchev–Trinajstić information content (AvgIpc) is 3.25. The molecule has 4 rings (SSSR count). The summed E-state index contributed by atoms with van der Waals surface area (Å²) in [6.07, 6.45) is 1.97. The molecule has 5 N–H and O–H groups in total. The first kappa shape index (κ1) is 54.5. The second kappa shape index (κ2) is 23.6. The molecule has 0 aliphatic carbocycles. The summed E-state index contributed by atoms with van der Waals surface area (Å²) < 4.78 is 107. The molecule has 0 radical (unpaired) electrons. The van der Waals surface area contributed by atoms with E-state index in [0.717, 1.165) is 0 Å². The first-order valence-corrected chi connectivity index (χ1v) is 20.1. The lowest BCUT2D eigenvalue weighted by Crippen LogP contribution is -2.52. The number of methoxy groups -OCH3 is 2. The maximum Gasteiger partial charge on any atom is 0.413 e. The number of anilines is 2. The number of rotatable bonds is 19. The zero-order chi connectivity index (χ0) is 50.4. The quantitative estimate of drug-likeness (QED) is 0.0615. The lowest BCUT2D eigenvalue weighted by molar-refractivity contribution is -0.142. The van der Waals surface area contributed by atoms with Crippen LogP contribution in [-0.4, -0.2) is 95.8 Å². The summed E-state index contributed by atoms with van der Waals surface area (Å²) in [5, 5.41) is 7.55. The van der Waals surface area contributed by atoms with Crippen LogP contribution in [0.5, 0.6) is 11.5 Å². The van der Waals surface area contributed by atoms with Gasteiger partial charge in [0.15, 0.2) is 46.3 Å². The van der Waals surface area contributed by atoms with E-state index in [1.165, 1.54) is 66.4 Å². The van der Waals surface area contributed by atoms with Gasteiger partial charge in [0.2, 0.25) is 11.6 Å². The lowest BCUT2D eigenvalue weighted by atomic mass is 10.0. The van der Waals surface area contributed by atoms with Crippen LogP contribution in [0.15, 0.2) is 60.9 Å². The molecule has 22 heteroatoms. The van der Waals surface area contributed by atoms with Crippen molar-refractivity contribution in [3.8, 4) is 11.5 Å². The maximum absolute atomic E-state index is 13.9. The minimum absolute atomic E-state index is 0.00849. The highest BCUT2D eigenvalue weighted by Crippen LogP contribution is 2.25. The summed E-state index contributed by atoms with van der Waals surface area (Å²) in [6.45, 7) is 9.37. The summed E-state index contributed by atoms with van der Waals surface area (Å²) >= 11 is 0. The Kier molecular flexibility index (Phi) is 19.2. The Morgan fingerprint density at radius 2 is 1.01 bits per heavy atom. The molecule has 2 atom stereocenters. The highest BCUT2D eigenvalue weighted by atomic mass is 19.2. The molecule has 4 aromatic rings. The van der Waals surface area contributed by atoms with E-state index in [1.807, 2.05) is 0 Å². The van der Waals surface area contributed by atoms with Crippen molar-refractivity contribution in [2.45, 2.75) is 90.2 Å². The Hall–Kier alpha value is -6.81. The Labute approximate surface area is 382 Å². The molecule has 3 amide bonds. The van der Waals surface area contributed by atoms with Gasteiger partial charge in [-0.05, 0) is 108 Å². The molecule has 0 spiro atoms. The summed E-state index contributed by atoms with van der Waals surface area (Å²) in [6, 6.07) is 6.27. The molecule has 0 saturated carbocycles. The van der Waals surface area contributed by atoms with Gasteiger partial charge in [-0.25, -0.2) is 32.3 Å². The van der Waals surface area contributed by atoms with E-state index >= 15 is 0 Å². The van der Waals surface area contributed by atoms with Gasteiger partial charge in [0.25, 0.3) is 11.8 Å². The molecule has 2 aromatic heterocycles. The third kappa shape index (κ3) is 16.5. The number of benzene rings is 2. The van der Waals surface area contributed by atoms with Crippen LogP contribution in [0.25, 0.3) is 0 Å². The fourth-order valence-electron chi connectivity index (χ4n) is 5.28. The molecule has 0 saturated heterocycles. The number of pyridine rings is 2. The normalized spacial score (nSPS) is 12.4. The zero-order valence-corrected chi connectivity index (χ0v) is 38.1. The van der Waals surface area contributed by atoms with Gasteiger partial charge in [0, 0.05) is 39.5 Å². The molecule has 2 unspecified atom stereocenters. The highest BCUT2D eigenvalue weighted by molar-refractivity contribution is 5.94. The van der Waals surface area contributed by atoms with Gasteiger partial charge < -0.3 is 40.1 Å². The number of carbonyl (C=O) groups is 5. The average molecular weight is 951 g/mol. The van der Waals surface area contributed by atoms with E-state index < -0.39 is 118 Å². The zero-order valence-electron chi connectivity index (χ0n) is 38.1. The van der Waals surface area contributed by atoms with Crippen molar-refractivity contribution >= 4 is 41.1 Å². The smallest absolute Gasteiger partial charge is 0.413 e. The predicted molar refractivity (Wildman–Crippen MR) is 230 cm³/mol. The van der Waals surface area contributed by atoms with Crippen LogP contribution in [0.1, 0.15) is 59.6 Å². The van der Waals surface area contributed by atoms with Gasteiger partial charge in [0.1, 0.15) is 41.7 Å². The third-order valence-electron chi connectivity index (χ3n) is 9.40. The first-order chi connectivity index (χ1) is 31.2. The molecular formula is C45H52F6N6O10. The molecule has 0 bridgehead atoms. The summed E-state index contributed by atoms with van der Waals surface area (Å²) in [4.78, 5) is 70.8. The second-order valence-electron chi connectivity index (χ2n) is 16.5. The van der Waals surface area contributed by atoms with Gasteiger partial charge in [-0.15, -0.1) is 0 Å². The number of halogens is 6. The lowest BCUT2D eigenvalue weighted by Gasteiger charge is -2.26. The second-order valence-corrected chi connectivity index (χ2v) is 16.5. The molecule has 0 aliphatic rings. The van der Waals surface area contributed by atoms with E-state index in [1.54, 1.807) is 32.9 Å². The van der Waals surface area contributed by atoms with Crippen molar-refractivity contribution in [1.82, 2.24) is 20.6 Å². The Morgan fingerprint density at radius 3 is 1.42 bits per heavy atom. The number of ketones is 2. The number of carbonyl (C=O) groups excluding carboxylic acids is 5. The molecule has 0 aliphatic heterocycles. The van der Waals surface area contributed by atoms with E-state index in [-0.39, 0.29) is 24.5 Å². The van der Waals surface area contributed by atoms with Crippen LogP contribution < -0.4 is 31.2 Å². The molecular weight excluding hydrogens is 899 g/mol. The van der Waals surface area contributed by atoms with Gasteiger partial charge in [-0.3, -0.25) is 24.5 Å². The monoisotopic (exact) mass is 950 g/mol. The maximum atomic E-state index is 13.9.